The molecule has 0 saturated heterocycles. The number of benzene rings is 1. The van der Waals surface area contributed by atoms with E-state index >= 15 is 0 Å². The van der Waals surface area contributed by atoms with Crippen LogP contribution >= 0.6 is 0 Å². The minimum atomic E-state index is 1.12. The number of fused-ring (bicyclic) bond motifs is 5. The van der Waals surface area contributed by atoms with E-state index in [1.807, 2.05) is 36.9 Å². The van der Waals surface area contributed by atoms with Crippen LogP contribution in [0.25, 0.3) is 32.6 Å². The first-order valence-electron chi connectivity index (χ1n) is 5.51. The van der Waals surface area contributed by atoms with Crippen molar-refractivity contribution in [2.24, 2.45) is 0 Å². The minimum Gasteiger partial charge on any atom is -0.354 e. The molecule has 0 amide bonds. The molecule has 0 spiro atoms. The van der Waals surface area contributed by atoms with Crippen LogP contribution < -0.4 is 0 Å². The maximum absolute atomic E-state index is 4.18. The summed E-state index contributed by atoms with van der Waals surface area (Å²) in [5, 5.41) is 4.74. The Bertz CT molecular complexity index is 846. The molecule has 4 aromatic rings. The Hall–Kier alpha value is -2.42. The molecule has 0 radical (unpaired) electrons. The van der Waals surface area contributed by atoms with Crippen LogP contribution in [0.2, 0.25) is 0 Å². The smallest absolute Gasteiger partial charge is 0.0546 e. The molecule has 0 saturated carbocycles. The number of hydrogen-bond donors (Lipinski definition) is 1. The molecule has 17 heavy (non-hydrogen) atoms. The van der Waals surface area contributed by atoms with Gasteiger partial charge in [-0.25, -0.2) is 0 Å². The lowest BCUT2D eigenvalue weighted by molar-refractivity contribution is 1.36. The van der Waals surface area contributed by atoms with Gasteiger partial charge in [0.2, 0.25) is 0 Å². The highest BCUT2D eigenvalue weighted by Gasteiger charge is 2.06. The Morgan fingerprint density at radius 2 is 1.65 bits per heavy atom. The highest BCUT2D eigenvalue weighted by atomic mass is 14.7. The third-order valence-electron chi connectivity index (χ3n) is 3.19. The van der Waals surface area contributed by atoms with Gasteiger partial charge in [-0.05, 0) is 12.1 Å². The highest BCUT2D eigenvalue weighted by molar-refractivity contribution is 6.16. The molecular weight excluding hydrogens is 210 g/mol. The van der Waals surface area contributed by atoms with Crippen molar-refractivity contribution in [3.8, 4) is 0 Å². The second kappa shape index (κ2) is 3.04. The molecule has 0 aliphatic heterocycles. The van der Waals surface area contributed by atoms with E-state index in [1.165, 1.54) is 16.2 Å². The van der Waals surface area contributed by atoms with E-state index in [2.05, 4.69) is 27.1 Å². The number of pyridine rings is 2. The molecule has 3 aromatic heterocycles. The fourth-order valence-electron chi connectivity index (χ4n) is 2.38. The van der Waals surface area contributed by atoms with Gasteiger partial charge in [-0.3, -0.25) is 9.97 Å². The average Bonchev–Trinajstić information content (AvgIpc) is 2.78. The van der Waals surface area contributed by atoms with Gasteiger partial charge in [0.1, 0.15) is 0 Å². The summed E-state index contributed by atoms with van der Waals surface area (Å²) in [6.07, 6.45) is 7.42. The summed E-state index contributed by atoms with van der Waals surface area (Å²) in [6, 6.07) is 8.27. The standard InChI is InChI=1S/C14H9N3/c1-2-11-12-8-16-6-4-13(12)17-14(11)10-3-5-15-7-9(1)10/h1-8,17H. The molecule has 0 aliphatic carbocycles. The summed E-state index contributed by atoms with van der Waals surface area (Å²) in [6.45, 7) is 0. The first kappa shape index (κ1) is 8.70. The minimum absolute atomic E-state index is 1.12. The highest BCUT2D eigenvalue weighted by Crippen LogP contribution is 2.29. The number of nitrogens with zero attached hydrogens (tertiary/aromatic N) is 2. The maximum atomic E-state index is 4.18. The molecule has 80 valence electrons. The van der Waals surface area contributed by atoms with Crippen molar-refractivity contribution < 1.29 is 0 Å². The molecular formula is C14H9N3. The number of aromatic nitrogens is 3. The fourth-order valence-corrected chi connectivity index (χ4v) is 2.38. The molecule has 3 nitrogen and oxygen atoms in total. The lowest BCUT2D eigenvalue weighted by Gasteiger charge is -1.97. The molecule has 0 unspecified atom stereocenters. The van der Waals surface area contributed by atoms with Crippen LogP contribution in [0.3, 0.4) is 0 Å². The van der Waals surface area contributed by atoms with Crippen LogP contribution in [0.1, 0.15) is 0 Å². The molecule has 1 N–H and O–H groups in total. The Kier molecular flexibility index (Phi) is 1.56. The van der Waals surface area contributed by atoms with E-state index in [-0.39, 0.29) is 0 Å². The number of hydrogen-bond acceptors (Lipinski definition) is 2. The van der Waals surface area contributed by atoms with Crippen molar-refractivity contribution in [1.82, 2.24) is 15.0 Å². The van der Waals surface area contributed by atoms with Gasteiger partial charge in [0.15, 0.2) is 0 Å². The molecule has 1 aromatic carbocycles. The van der Waals surface area contributed by atoms with E-state index in [0.29, 0.717) is 0 Å². The van der Waals surface area contributed by atoms with Crippen LogP contribution in [0, 0.1) is 0 Å². The van der Waals surface area contributed by atoms with E-state index in [1.54, 1.807) is 0 Å². The number of rotatable bonds is 0. The quantitative estimate of drug-likeness (QED) is 0.493. The van der Waals surface area contributed by atoms with Crippen LogP contribution in [0.15, 0.2) is 49.1 Å². The van der Waals surface area contributed by atoms with Crippen LogP contribution in [-0.2, 0) is 0 Å². The molecule has 0 aliphatic rings. The van der Waals surface area contributed by atoms with E-state index in [9.17, 15) is 0 Å². The van der Waals surface area contributed by atoms with Gasteiger partial charge in [-0.1, -0.05) is 12.1 Å². The zero-order valence-electron chi connectivity index (χ0n) is 9.01. The number of nitrogens with one attached hydrogen (secondary N) is 1. The number of H-pyrrole nitrogens is 1. The van der Waals surface area contributed by atoms with E-state index < -0.39 is 0 Å². The third kappa shape index (κ3) is 1.11. The molecule has 0 fully saturated rings. The second-order valence-electron chi connectivity index (χ2n) is 4.13. The zero-order chi connectivity index (χ0) is 11.2. The summed E-state index contributed by atoms with van der Waals surface area (Å²) in [7, 11) is 0. The molecule has 3 heteroatoms. The van der Waals surface area contributed by atoms with Crippen molar-refractivity contribution in [1.29, 1.82) is 0 Å². The molecule has 3 heterocycles. The SMILES string of the molecule is c1cc2c(ccc3c4cnccc4[nH]c23)cn1. The predicted molar refractivity (Wildman–Crippen MR) is 68.9 cm³/mol. The van der Waals surface area contributed by atoms with Gasteiger partial charge in [0, 0.05) is 51.8 Å². The van der Waals surface area contributed by atoms with Crippen LogP contribution in [0.5, 0.6) is 0 Å². The van der Waals surface area contributed by atoms with Crippen molar-refractivity contribution in [2.45, 2.75) is 0 Å². The van der Waals surface area contributed by atoms with Crippen molar-refractivity contribution in [3.05, 3.63) is 49.1 Å². The Morgan fingerprint density at radius 1 is 0.765 bits per heavy atom. The van der Waals surface area contributed by atoms with Crippen molar-refractivity contribution >= 4 is 32.6 Å². The van der Waals surface area contributed by atoms with Crippen molar-refractivity contribution in [2.75, 3.05) is 0 Å². The van der Waals surface area contributed by atoms with Crippen LogP contribution in [-0.4, -0.2) is 15.0 Å². The summed E-state index contributed by atoms with van der Waals surface area (Å²) >= 11 is 0. The van der Waals surface area contributed by atoms with Crippen molar-refractivity contribution in [3.63, 3.8) is 0 Å². The summed E-state index contributed by atoms with van der Waals surface area (Å²) in [5.74, 6) is 0. The topological polar surface area (TPSA) is 41.6 Å². The lowest BCUT2D eigenvalue weighted by atomic mass is 10.1. The summed E-state index contributed by atoms with van der Waals surface area (Å²) in [4.78, 5) is 11.8. The third-order valence-corrected chi connectivity index (χ3v) is 3.19. The summed E-state index contributed by atoms with van der Waals surface area (Å²) in [5.41, 5.74) is 2.28. The average molecular weight is 219 g/mol. The van der Waals surface area contributed by atoms with Gasteiger partial charge in [0.05, 0.1) is 5.52 Å². The summed E-state index contributed by atoms with van der Waals surface area (Å²) < 4.78 is 0. The second-order valence-corrected chi connectivity index (χ2v) is 4.13. The molecule has 0 atom stereocenters. The first-order valence-corrected chi connectivity index (χ1v) is 5.51. The van der Waals surface area contributed by atoms with Crippen LogP contribution in [0.4, 0.5) is 0 Å². The Balaban J connectivity index is 2.34. The van der Waals surface area contributed by atoms with Gasteiger partial charge < -0.3 is 4.98 Å². The van der Waals surface area contributed by atoms with Gasteiger partial charge in [-0.2, -0.15) is 0 Å². The monoisotopic (exact) mass is 219 g/mol. The molecule has 0 bridgehead atoms. The largest absolute Gasteiger partial charge is 0.354 e. The van der Waals surface area contributed by atoms with Gasteiger partial charge >= 0.3 is 0 Å². The Labute approximate surface area is 97.1 Å². The normalized spacial score (nSPS) is 11.5. The maximum Gasteiger partial charge on any atom is 0.0546 e. The fraction of sp³-hybridized carbons (Fsp3) is 0. The predicted octanol–water partition coefficient (Wildman–Crippen LogP) is 3.26. The molecule has 4 rings (SSSR count). The van der Waals surface area contributed by atoms with Gasteiger partial charge in [-0.15, -0.1) is 0 Å². The van der Waals surface area contributed by atoms with E-state index in [4.69, 9.17) is 0 Å². The number of aromatic amines is 1. The first-order chi connectivity index (χ1) is 8.43. The Morgan fingerprint density at radius 3 is 2.65 bits per heavy atom. The zero-order valence-corrected chi connectivity index (χ0v) is 9.01. The van der Waals surface area contributed by atoms with Gasteiger partial charge in [0.25, 0.3) is 0 Å². The lowest BCUT2D eigenvalue weighted by Crippen LogP contribution is -1.76. The van der Waals surface area contributed by atoms with E-state index in [0.717, 1.165) is 16.4 Å².